The lowest BCUT2D eigenvalue weighted by Gasteiger charge is -1.99. The molecular weight excluding hydrogens is 248 g/mol. The molecule has 4 nitrogen and oxygen atoms in total. The normalized spacial score (nSPS) is 13.7. The molecule has 1 aliphatic rings. The Morgan fingerprint density at radius 3 is 2.93 bits per heavy atom. The topological polar surface area (TPSA) is 55.5 Å². The molecule has 0 fully saturated rings. The Morgan fingerprint density at radius 2 is 2.29 bits per heavy atom. The van der Waals surface area contributed by atoms with Crippen LogP contribution in [0.3, 0.4) is 0 Å². The molecule has 0 amide bonds. The van der Waals surface area contributed by atoms with E-state index in [0.29, 0.717) is 12.1 Å². The molecule has 0 atom stereocenters. The maximum atomic E-state index is 10.7. The van der Waals surface area contributed by atoms with Crippen molar-refractivity contribution in [2.24, 2.45) is 4.99 Å². The SMILES string of the molecule is CC1=Nc2c(cc(Br)cc2[N+](=O)[O-])C1. The van der Waals surface area contributed by atoms with Crippen LogP contribution in [0.25, 0.3) is 0 Å². The van der Waals surface area contributed by atoms with E-state index in [1.165, 1.54) is 6.07 Å². The molecule has 1 aromatic carbocycles. The highest BCUT2D eigenvalue weighted by Gasteiger charge is 2.22. The van der Waals surface area contributed by atoms with Crippen LogP contribution in [0.1, 0.15) is 12.5 Å². The minimum absolute atomic E-state index is 0.0752. The number of nitrogens with zero attached hydrogens (tertiary/aromatic N) is 2. The average molecular weight is 255 g/mol. The summed E-state index contributed by atoms with van der Waals surface area (Å²) in [7, 11) is 0. The number of nitro benzene ring substituents is 1. The molecule has 0 saturated carbocycles. The van der Waals surface area contributed by atoms with Crippen molar-refractivity contribution >= 4 is 33.0 Å². The van der Waals surface area contributed by atoms with Crippen molar-refractivity contribution in [3.8, 4) is 0 Å². The number of halogens is 1. The third-order valence-electron chi connectivity index (χ3n) is 2.08. The number of aliphatic imine (C=N–C) groups is 1. The van der Waals surface area contributed by atoms with Crippen LogP contribution >= 0.6 is 15.9 Å². The van der Waals surface area contributed by atoms with E-state index < -0.39 is 4.92 Å². The first kappa shape index (κ1) is 9.33. The van der Waals surface area contributed by atoms with Crippen molar-refractivity contribution in [2.45, 2.75) is 13.3 Å². The molecule has 0 aromatic heterocycles. The summed E-state index contributed by atoms with van der Waals surface area (Å²) in [6.45, 7) is 1.87. The quantitative estimate of drug-likeness (QED) is 0.572. The Hall–Kier alpha value is -1.23. The van der Waals surface area contributed by atoms with Crippen molar-refractivity contribution < 1.29 is 4.92 Å². The largest absolute Gasteiger partial charge is 0.296 e. The van der Waals surface area contributed by atoms with Gasteiger partial charge in [-0.3, -0.25) is 15.1 Å². The zero-order chi connectivity index (χ0) is 10.3. The van der Waals surface area contributed by atoms with Crippen LogP contribution in [0.2, 0.25) is 0 Å². The highest BCUT2D eigenvalue weighted by atomic mass is 79.9. The van der Waals surface area contributed by atoms with E-state index >= 15 is 0 Å². The summed E-state index contributed by atoms with van der Waals surface area (Å²) in [5, 5.41) is 10.7. The average Bonchev–Trinajstić information content (AvgIpc) is 2.42. The molecule has 0 bridgehead atoms. The lowest BCUT2D eigenvalue weighted by molar-refractivity contribution is -0.384. The van der Waals surface area contributed by atoms with Gasteiger partial charge in [-0.25, -0.2) is 0 Å². The van der Waals surface area contributed by atoms with E-state index in [9.17, 15) is 10.1 Å². The van der Waals surface area contributed by atoms with Crippen LogP contribution in [0.4, 0.5) is 11.4 Å². The summed E-state index contributed by atoms with van der Waals surface area (Å²) in [6, 6.07) is 3.36. The van der Waals surface area contributed by atoms with Crippen molar-refractivity contribution in [2.75, 3.05) is 0 Å². The fourth-order valence-electron chi connectivity index (χ4n) is 1.55. The van der Waals surface area contributed by atoms with E-state index in [0.717, 1.165) is 15.7 Å². The van der Waals surface area contributed by atoms with E-state index in [1.54, 1.807) is 0 Å². The Labute approximate surface area is 88.9 Å². The van der Waals surface area contributed by atoms with Gasteiger partial charge in [0.25, 0.3) is 5.69 Å². The zero-order valence-corrected chi connectivity index (χ0v) is 9.04. The molecule has 5 heteroatoms. The summed E-state index contributed by atoms with van der Waals surface area (Å²) >= 11 is 3.25. The number of fused-ring (bicyclic) bond motifs is 1. The Morgan fingerprint density at radius 1 is 1.57 bits per heavy atom. The first-order valence-electron chi connectivity index (χ1n) is 4.09. The molecule has 1 aliphatic heterocycles. The van der Waals surface area contributed by atoms with E-state index in [-0.39, 0.29) is 5.69 Å². The van der Waals surface area contributed by atoms with Gasteiger partial charge in [-0.1, -0.05) is 15.9 Å². The number of rotatable bonds is 1. The first-order valence-corrected chi connectivity index (χ1v) is 4.88. The molecule has 0 spiro atoms. The smallest absolute Gasteiger partial charge is 0.258 e. The highest BCUT2D eigenvalue weighted by molar-refractivity contribution is 9.10. The van der Waals surface area contributed by atoms with Crippen LogP contribution < -0.4 is 0 Å². The Balaban J connectivity index is 2.66. The van der Waals surface area contributed by atoms with Gasteiger partial charge < -0.3 is 0 Å². The minimum atomic E-state index is -0.397. The van der Waals surface area contributed by atoms with Gasteiger partial charge in [-0.2, -0.15) is 0 Å². The summed E-state index contributed by atoms with van der Waals surface area (Å²) in [4.78, 5) is 14.5. The van der Waals surface area contributed by atoms with Crippen molar-refractivity contribution in [1.82, 2.24) is 0 Å². The zero-order valence-electron chi connectivity index (χ0n) is 7.45. The summed E-state index contributed by atoms with van der Waals surface area (Å²) in [6.07, 6.45) is 0.704. The number of hydrogen-bond donors (Lipinski definition) is 0. The van der Waals surface area contributed by atoms with Crippen molar-refractivity contribution in [3.05, 3.63) is 32.3 Å². The van der Waals surface area contributed by atoms with Crippen LogP contribution in [-0.4, -0.2) is 10.6 Å². The molecular formula is C9H7BrN2O2. The summed E-state index contributed by atoms with van der Waals surface area (Å²) < 4.78 is 0.729. The minimum Gasteiger partial charge on any atom is -0.258 e. The third-order valence-corrected chi connectivity index (χ3v) is 2.54. The molecule has 0 radical (unpaired) electrons. The van der Waals surface area contributed by atoms with Crippen LogP contribution in [-0.2, 0) is 6.42 Å². The molecule has 72 valence electrons. The number of nitro groups is 1. The molecule has 1 aromatic rings. The second kappa shape index (κ2) is 3.16. The molecule has 1 heterocycles. The maximum Gasteiger partial charge on any atom is 0.296 e. The Kier molecular flexibility index (Phi) is 2.11. The van der Waals surface area contributed by atoms with Gasteiger partial charge in [0, 0.05) is 22.7 Å². The van der Waals surface area contributed by atoms with Gasteiger partial charge in [-0.15, -0.1) is 0 Å². The maximum absolute atomic E-state index is 10.7. The van der Waals surface area contributed by atoms with Crippen LogP contribution in [0, 0.1) is 10.1 Å². The van der Waals surface area contributed by atoms with Crippen molar-refractivity contribution in [1.29, 1.82) is 0 Å². The van der Waals surface area contributed by atoms with Gasteiger partial charge in [-0.05, 0) is 18.6 Å². The predicted molar refractivity (Wildman–Crippen MR) is 57.3 cm³/mol. The van der Waals surface area contributed by atoms with Gasteiger partial charge in [0.05, 0.1) is 4.92 Å². The van der Waals surface area contributed by atoms with Gasteiger partial charge in [0.1, 0.15) is 5.69 Å². The first-order chi connectivity index (χ1) is 6.58. The second-order valence-corrected chi connectivity index (χ2v) is 4.13. The monoisotopic (exact) mass is 254 g/mol. The lowest BCUT2D eigenvalue weighted by Crippen LogP contribution is -1.91. The summed E-state index contributed by atoms with van der Waals surface area (Å²) in [5.74, 6) is 0. The van der Waals surface area contributed by atoms with Gasteiger partial charge >= 0.3 is 0 Å². The molecule has 0 aliphatic carbocycles. The fourth-order valence-corrected chi connectivity index (χ4v) is 2.04. The number of benzene rings is 1. The standard InChI is InChI=1S/C9H7BrN2O2/c1-5-2-6-3-7(10)4-8(12(13)14)9(6)11-5/h3-4H,2H2,1H3. The third kappa shape index (κ3) is 1.43. The second-order valence-electron chi connectivity index (χ2n) is 3.21. The highest BCUT2D eigenvalue weighted by Crippen LogP contribution is 2.38. The fraction of sp³-hybridized carbons (Fsp3) is 0.222. The molecule has 0 saturated heterocycles. The van der Waals surface area contributed by atoms with E-state index in [2.05, 4.69) is 20.9 Å². The molecule has 14 heavy (non-hydrogen) atoms. The lowest BCUT2D eigenvalue weighted by atomic mass is 10.1. The molecule has 0 unspecified atom stereocenters. The molecule has 2 rings (SSSR count). The van der Waals surface area contributed by atoms with Crippen LogP contribution in [0.15, 0.2) is 21.6 Å². The predicted octanol–water partition coefficient (Wildman–Crippen LogP) is 3.01. The van der Waals surface area contributed by atoms with Crippen LogP contribution in [0.5, 0.6) is 0 Å². The van der Waals surface area contributed by atoms with Crippen molar-refractivity contribution in [3.63, 3.8) is 0 Å². The number of hydrogen-bond acceptors (Lipinski definition) is 3. The summed E-state index contributed by atoms with van der Waals surface area (Å²) in [5.41, 5.74) is 2.42. The van der Waals surface area contributed by atoms with Gasteiger partial charge in [0.15, 0.2) is 0 Å². The van der Waals surface area contributed by atoms with E-state index in [4.69, 9.17) is 0 Å². The van der Waals surface area contributed by atoms with Gasteiger partial charge in [0.2, 0.25) is 0 Å². The molecule has 0 N–H and O–H groups in total. The Bertz CT molecular complexity index is 454. The van der Waals surface area contributed by atoms with E-state index in [1.807, 2.05) is 13.0 Å².